The van der Waals surface area contributed by atoms with Crippen LogP contribution in [0.25, 0.3) is 0 Å². The zero-order valence-electron chi connectivity index (χ0n) is 12.3. The lowest BCUT2D eigenvalue weighted by molar-refractivity contribution is 0.0401. The number of rotatable bonds is 4. The highest BCUT2D eigenvalue weighted by atomic mass is 19.1. The molecule has 0 radical (unpaired) electrons. The molecule has 0 bridgehead atoms. The molecular formula is C16H24FNO. The van der Waals surface area contributed by atoms with Gasteiger partial charge in [-0.1, -0.05) is 19.1 Å². The average molecular weight is 265 g/mol. The molecule has 1 heterocycles. The van der Waals surface area contributed by atoms with Gasteiger partial charge in [-0.05, 0) is 51.8 Å². The Morgan fingerprint density at radius 3 is 2.79 bits per heavy atom. The minimum absolute atomic E-state index is 0.0262. The summed E-state index contributed by atoms with van der Waals surface area (Å²) in [7, 11) is 0. The zero-order chi connectivity index (χ0) is 14.0. The third kappa shape index (κ3) is 2.92. The van der Waals surface area contributed by atoms with E-state index in [2.05, 4.69) is 25.7 Å². The molecule has 0 amide bonds. The van der Waals surface area contributed by atoms with Crippen LogP contribution < -0.4 is 4.74 Å². The molecule has 2 rings (SSSR count). The predicted octanol–water partition coefficient (Wildman–Crippen LogP) is 3.64. The van der Waals surface area contributed by atoms with Crippen molar-refractivity contribution in [3.05, 3.63) is 29.6 Å². The quantitative estimate of drug-likeness (QED) is 0.824. The second-order valence-corrected chi connectivity index (χ2v) is 5.65. The van der Waals surface area contributed by atoms with Crippen LogP contribution >= 0.6 is 0 Å². The number of halogens is 1. The van der Waals surface area contributed by atoms with E-state index in [9.17, 15) is 4.39 Å². The van der Waals surface area contributed by atoms with Gasteiger partial charge >= 0.3 is 0 Å². The maximum atomic E-state index is 13.7. The number of nitrogens with zero attached hydrogens (tertiary/aromatic N) is 1. The number of ether oxygens (including phenoxy) is 1. The summed E-state index contributed by atoms with van der Waals surface area (Å²) in [6.45, 7) is 9.72. The SMILES string of the molecule is CCCN(C(C)C)[C@@H]1Cc2cccc(F)c2OC1C. The number of hydrogen-bond donors (Lipinski definition) is 0. The molecule has 19 heavy (non-hydrogen) atoms. The molecule has 2 nitrogen and oxygen atoms in total. The Balaban J connectivity index is 2.25. The summed E-state index contributed by atoms with van der Waals surface area (Å²) in [4.78, 5) is 2.47. The number of hydrogen-bond acceptors (Lipinski definition) is 2. The van der Waals surface area contributed by atoms with Gasteiger partial charge in [-0.2, -0.15) is 0 Å². The van der Waals surface area contributed by atoms with Crippen molar-refractivity contribution in [2.24, 2.45) is 0 Å². The third-order valence-electron chi connectivity index (χ3n) is 3.89. The maximum absolute atomic E-state index is 13.7. The van der Waals surface area contributed by atoms with E-state index in [0.717, 1.165) is 24.9 Å². The van der Waals surface area contributed by atoms with Gasteiger partial charge in [0.05, 0.1) is 6.04 Å². The Morgan fingerprint density at radius 1 is 1.42 bits per heavy atom. The highest BCUT2D eigenvalue weighted by molar-refractivity contribution is 5.37. The van der Waals surface area contributed by atoms with Crippen LogP contribution in [0.15, 0.2) is 18.2 Å². The van der Waals surface area contributed by atoms with Crippen LogP contribution in [0.4, 0.5) is 4.39 Å². The second kappa shape index (κ2) is 5.91. The van der Waals surface area contributed by atoms with E-state index >= 15 is 0 Å². The first-order chi connectivity index (χ1) is 9.04. The van der Waals surface area contributed by atoms with Crippen molar-refractivity contribution in [1.29, 1.82) is 0 Å². The molecular weight excluding hydrogens is 241 g/mol. The molecule has 2 atom stereocenters. The molecule has 0 fully saturated rings. The normalized spacial score (nSPS) is 22.5. The van der Waals surface area contributed by atoms with E-state index in [4.69, 9.17) is 4.74 Å². The second-order valence-electron chi connectivity index (χ2n) is 5.65. The van der Waals surface area contributed by atoms with Gasteiger partial charge in [-0.3, -0.25) is 4.90 Å². The summed E-state index contributed by atoms with van der Waals surface area (Å²) in [6.07, 6.45) is 2.02. The number of para-hydroxylation sites is 1. The highest BCUT2D eigenvalue weighted by Gasteiger charge is 2.33. The number of benzene rings is 1. The topological polar surface area (TPSA) is 12.5 Å². The van der Waals surface area contributed by atoms with Gasteiger partial charge in [-0.25, -0.2) is 4.39 Å². The molecule has 1 aliphatic heterocycles. The Morgan fingerprint density at radius 2 is 2.16 bits per heavy atom. The van der Waals surface area contributed by atoms with Crippen molar-refractivity contribution in [2.45, 2.75) is 58.7 Å². The Hall–Kier alpha value is -1.09. The van der Waals surface area contributed by atoms with E-state index < -0.39 is 0 Å². The van der Waals surface area contributed by atoms with Crippen LogP contribution in [-0.4, -0.2) is 29.6 Å². The smallest absolute Gasteiger partial charge is 0.165 e. The molecule has 0 spiro atoms. The Kier molecular flexibility index (Phi) is 4.46. The van der Waals surface area contributed by atoms with Gasteiger partial charge in [0.25, 0.3) is 0 Å². The molecule has 1 aliphatic rings. The molecule has 0 saturated heterocycles. The van der Waals surface area contributed by atoms with Gasteiger partial charge in [0.15, 0.2) is 11.6 Å². The fourth-order valence-corrected chi connectivity index (χ4v) is 2.95. The number of fused-ring (bicyclic) bond motifs is 1. The lowest BCUT2D eigenvalue weighted by Gasteiger charge is -2.41. The molecule has 106 valence electrons. The van der Waals surface area contributed by atoms with Crippen molar-refractivity contribution in [3.8, 4) is 5.75 Å². The molecule has 1 unspecified atom stereocenters. The van der Waals surface area contributed by atoms with E-state index in [1.165, 1.54) is 6.07 Å². The van der Waals surface area contributed by atoms with Gasteiger partial charge in [0.1, 0.15) is 6.10 Å². The minimum atomic E-state index is -0.241. The van der Waals surface area contributed by atoms with Crippen molar-refractivity contribution in [3.63, 3.8) is 0 Å². The highest BCUT2D eigenvalue weighted by Crippen LogP contribution is 2.32. The van der Waals surface area contributed by atoms with Crippen LogP contribution in [0.1, 0.15) is 39.7 Å². The summed E-state index contributed by atoms with van der Waals surface area (Å²) in [6, 6.07) is 6.02. The van der Waals surface area contributed by atoms with Crippen LogP contribution in [-0.2, 0) is 6.42 Å². The zero-order valence-corrected chi connectivity index (χ0v) is 12.3. The van der Waals surface area contributed by atoms with Crippen molar-refractivity contribution in [2.75, 3.05) is 6.54 Å². The van der Waals surface area contributed by atoms with E-state index in [-0.39, 0.29) is 11.9 Å². The molecule has 0 saturated carbocycles. The molecule has 1 aromatic rings. The van der Waals surface area contributed by atoms with Gasteiger partial charge in [-0.15, -0.1) is 0 Å². The van der Waals surface area contributed by atoms with Gasteiger partial charge in [0, 0.05) is 6.04 Å². The summed E-state index contributed by atoms with van der Waals surface area (Å²) in [5.41, 5.74) is 0.991. The van der Waals surface area contributed by atoms with Crippen molar-refractivity contribution < 1.29 is 9.13 Å². The van der Waals surface area contributed by atoms with E-state index in [1.807, 2.05) is 13.0 Å². The molecule has 0 aromatic heterocycles. The van der Waals surface area contributed by atoms with Crippen LogP contribution in [0.2, 0.25) is 0 Å². The van der Waals surface area contributed by atoms with E-state index in [1.54, 1.807) is 6.07 Å². The van der Waals surface area contributed by atoms with Crippen molar-refractivity contribution in [1.82, 2.24) is 4.90 Å². The van der Waals surface area contributed by atoms with Crippen LogP contribution in [0.5, 0.6) is 5.75 Å². The maximum Gasteiger partial charge on any atom is 0.165 e. The summed E-state index contributed by atoms with van der Waals surface area (Å²) in [5.74, 6) is 0.209. The van der Waals surface area contributed by atoms with Crippen LogP contribution in [0, 0.1) is 5.82 Å². The largest absolute Gasteiger partial charge is 0.486 e. The first-order valence-electron chi connectivity index (χ1n) is 7.24. The predicted molar refractivity (Wildman–Crippen MR) is 76.1 cm³/mol. The molecule has 0 aliphatic carbocycles. The molecule has 3 heteroatoms. The standard InChI is InChI=1S/C16H24FNO/c1-5-9-18(11(2)3)15-10-13-7-6-8-14(17)16(13)19-12(15)4/h6-8,11-12,15H,5,9-10H2,1-4H3/t12?,15-/m1/s1. The first-order valence-corrected chi connectivity index (χ1v) is 7.24. The summed E-state index contributed by atoms with van der Waals surface area (Å²) >= 11 is 0. The molecule has 1 aromatic carbocycles. The fraction of sp³-hybridized carbons (Fsp3) is 0.625. The van der Waals surface area contributed by atoms with Gasteiger partial charge < -0.3 is 4.74 Å². The first kappa shape index (κ1) is 14.3. The monoisotopic (exact) mass is 265 g/mol. The average Bonchev–Trinajstić information content (AvgIpc) is 2.36. The lowest BCUT2D eigenvalue weighted by atomic mass is 9.95. The minimum Gasteiger partial charge on any atom is -0.486 e. The summed E-state index contributed by atoms with van der Waals surface area (Å²) < 4.78 is 19.6. The Labute approximate surface area is 115 Å². The summed E-state index contributed by atoms with van der Waals surface area (Å²) in [5, 5.41) is 0. The van der Waals surface area contributed by atoms with Crippen molar-refractivity contribution >= 4 is 0 Å². The lowest BCUT2D eigenvalue weighted by Crippen LogP contribution is -2.51. The third-order valence-corrected chi connectivity index (χ3v) is 3.89. The van der Waals surface area contributed by atoms with E-state index in [0.29, 0.717) is 17.8 Å². The van der Waals surface area contributed by atoms with Gasteiger partial charge in [0.2, 0.25) is 0 Å². The fourth-order valence-electron chi connectivity index (χ4n) is 2.95. The van der Waals surface area contributed by atoms with Crippen LogP contribution in [0.3, 0.4) is 0 Å². The molecule has 0 N–H and O–H groups in total. The Bertz CT molecular complexity index is 433.